The van der Waals surface area contributed by atoms with Gasteiger partial charge in [0, 0.05) is 36.1 Å². The molecule has 0 bridgehead atoms. The summed E-state index contributed by atoms with van der Waals surface area (Å²) in [6.45, 7) is 3.33. The fourth-order valence-corrected chi connectivity index (χ4v) is 3.70. The van der Waals surface area contributed by atoms with Crippen LogP contribution in [0.1, 0.15) is 42.5 Å². The van der Waals surface area contributed by atoms with E-state index in [1.807, 2.05) is 0 Å². The molecule has 1 atom stereocenters. The molecule has 0 saturated heterocycles. The van der Waals surface area contributed by atoms with Crippen molar-refractivity contribution in [2.75, 3.05) is 13.6 Å². The van der Waals surface area contributed by atoms with E-state index in [4.69, 9.17) is 0 Å². The average Bonchev–Trinajstić information content (AvgIpc) is 2.73. The van der Waals surface area contributed by atoms with Crippen molar-refractivity contribution in [3.63, 3.8) is 0 Å². The van der Waals surface area contributed by atoms with Crippen molar-refractivity contribution >= 4 is 10.9 Å². The summed E-state index contributed by atoms with van der Waals surface area (Å²) in [7, 11) is 4.30. The molecule has 19 heavy (non-hydrogen) atoms. The van der Waals surface area contributed by atoms with Gasteiger partial charge in [-0.25, -0.2) is 0 Å². The van der Waals surface area contributed by atoms with Crippen molar-refractivity contribution in [2.45, 2.75) is 38.5 Å². The van der Waals surface area contributed by atoms with Crippen molar-refractivity contribution in [2.24, 2.45) is 7.05 Å². The van der Waals surface area contributed by atoms with Crippen molar-refractivity contribution in [3.8, 4) is 0 Å². The van der Waals surface area contributed by atoms with Gasteiger partial charge in [0.2, 0.25) is 0 Å². The maximum atomic E-state index is 3.36. The fourth-order valence-electron chi connectivity index (χ4n) is 3.70. The van der Waals surface area contributed by atoms with Gasteiger partial charge in [-0.1, -0.05) is 13.0 Å². The summed E-state index contributed by atoms with van der Waals surface area (Å²) >= 11 is 0. The minimum atomic E-state index is 0.677. The minimum Gasteiger partial charge on any atom is -0.347 e. The molecule has 0 spiro atoms. The van der Waals surface area contributed by atoms with E-state index in [1.165, 1.54) is 35.7 Å². The highest BCUT2D eigenvalue weighted by atomic mass is 15.0. The zero-order valence-electron chi connectivity index (χ0n) is 12.3. The predicted molar refractivity (Wildman–Crippen MR) is 81.9 cm³/mol. The first-order valence-corrected chi connectivity index (χ1v) is 7.51. The molecule has 1 aromatic heterocycles. The van der Waals surface area contributed by atoms with Gasteiger partial charge in [-0.3, -0.25) is 0 Å². The Labute approximate surface area is 115 Å². The first-order valence-electron chi connectivity index (χ1n) is 7.51. The zero-order valence-corrected chi connectivity index (χ0v) is 12.3. The number of aryl methyl sites for hydroxylation is 3. The van der Waals surface area contributed by atoms with Crippen molar-refractivity contribution in [3.05, 3.63) is 35.0 Å². The summed E-state index contributed by atoms with van der Waals surface area (Å²) < 4.78 is 2.44. The number of likely N-dealkylation sites (N-methyl/N-ethyl adjacent to an activating group) is 1. The quantitative estimate of drug-likeness (QED) is 0.891. The van der Waals surface area contributed by atoms with E-state index in [-0.39, 0.29) is 0 Å². The lowest BCUT2D eigenvalue weighted by Gasteiger charge is -2.24. The molecule has 0 radical (unpaired) electrons. The SMILES string of the molecule is CCc1ccc2c(c1)c1c(n2C)C(CNC)CCC1. The van der Waals surface area contributed by atoms with Gasteiger partial charge in [-0.15, -0.1) is 0 Å². The van der Waals surface area contributed by atoms with E-state index in [9.17, 15) is 0 Å². The van der Waals surface area contributed by atoms with Crippen LogP contribution in [-0.2, 0) is 19.9 Å². The maximum absolute atomic E-state index is 3.36. The van der Waals surface area contributed by atoms with Gasteiger partial charge in [-0.2, -0.15) is 0 Å². The molecule has 1 unspecified atom stereocenters. The smallest absolute Gasteiger partial charge is 0.0483 e. The number of fused-ring (bicyclic) bond motifs is 3. The lowest BCUT2D eigenvalue weighted by atomic mass is 9.86. The van der Waals surface area contributed by atoms with Crippen LogP contribution in [0.25, 0.3) is 10.9 Å². The van der Waals surface area contributed by atoms with E-state index in [0.29, 0.717) is 5.92 Å². The third kappa shape index (κ3) is 1.99. The summed E-state index contributed by atoms with van der Waals surface area (Å²) in [6, 6.07) is 7.00. The third-order valence-electron chi connectivity index (χ3n) is 4.64. The number of nitrogens with zero attached hydrogens (tertiary/aromatic N) is 1. The highest BCUT2D eigenvalue weighted by Crippen LogP contribution is 2.38. The van der Waals surface area contributed by atoms with Crippen LogP contribution in [-0.4, -0.2) is 18.2 Å². The number of nitrogens with one attached hydrogen (secondary N) is 1. The predicted octanol–water partition coefficient (Wildman–Crippen LogP) is 3.38. The van der Waals surface area contributed by atoms with Crippen molar-refractivity contribution < 1.29 is 0 Å². The lowest BCUT2D eigenvalue weighted by molar-refractivity contribution is 0.506. The van der Waals surface area contributed by atoms with Crippen LogP contribution in [0, 0.1) is 0 Å². The average molecular weight is 256 g/mol. The standard InChI is InChI=1S/C17H24N2/c1-4-12-8-9-16-15(10-12)14-7-5-6-13(11-18-2)17(14)19(16)3/h8-10,13,18H,4-7,11H2,1-3H3. The third-order valence-corrected chi connectivity index (χ3v) is 4.64. The first kappa shape index (κ1) is 12.7. The molecule has 0 amide bonds. The molecule has 2 nitrogen and oxygen atoms in total. The second kappa shape index (κ2) is 5.01. The molecule has 1 heterocycles. The Morgan fingerprint density at radius 2 is 2.21 bits per heavy atom. The number of hydrogen-bond acceptors (Lipinski definition) is 1. The maximum Gasteiger partial charge on any atom is 0.0483 e. The second-order valence-corrected chi connectivity index (χ2v) is 5.77. The fraction of sp³-hybridized carbons (Fsp3) is 0.529. The molecular weight excluding hydrogens is 232 g/mol. The molecule has 1 aromatic carbocycles. The number of hydrogen-bond donors (Lipinski definition) is 1. The second-order valence-electron chi connectivity index (χ2n) is 5.77. The lowest BCUT2D eigenvalue weighted by Crippen LogP contribution is -2.22. The normalized spacial score (nSPS) is 18.8. The van der Waals surface area contributed by atoms with Crippen LogP contribution in [0.2, 0.25) is 0 Å². The number of benzene rings is 1. The Kier molecular flexibility index (Phi) is 3.36. The molecule has 0 fully saturated rings. The summed E-state index contributed by atoms with van der Waals surface area (Å²) in [4.78, 5) is 0. The Morgan fingerprint density at radius 3 is 2.95 bits per heavy atom. The largest absolute Gasteiger partial charge is 0.347 e. The minimum absolute atomic E-state index is 0.677. The molecule has 3 rings (SSSR count). The highest BCUT2D eigenvalue weighted by molar-refractivity contribution is 5.86. The Balaban J connectivity index is 2.20. The first-order chi connectivity index (χ1) is 9.26. The molecule has 2 aromatic rings. The van der Waals surface area contributed by atoms with Crippen LogP contribution in [0.15, 0.2) is 18.2 Å². The number of rotatable bonds is 3. The van der Waals surface area contributed by atoms with Crippen molar-refractivity contribution in [1.82, 2.24) is 9.88 Å². The Bertz CT molecular complexity index is 595. The van der Waals surface area contributed by atoms with E-state index in [1.54, 1.807) is 11.3 Å². The Hall–Kier alpha value is -1.28. The van der Waals surface area contributed by atoms with Crippen LogP contribution in [0.4, 0.5) is 0 Å². The van der Waals surface area contributed by atoms with Gasteiger partial charge in [0.25, 0.3) is 0 Å². The van der Waals surface area contributed by atoms with Gasteiger partial charge >= 0.3 is 0 Å². The van der Waals surface area contributed by atoms with Gasteiger partial charge in [0.1, 0.15) is 0 Å². The monoisotopic (exact) mass is 256 g/mol. The molecule has 2 heteroatoms. The molecule has 1 N–H and O–H groups in total. The summed E-state index contributed by atoms with van der Waals surface area (Å²) in [6.07, 6.45) is 5.02. The topological polar surface area (TPSA) is 17.0 Å². The van der Waals surface area contributed by atoms with Crippen LogP contribution < -0.4 is 5.32 Å². The zero-order chi connectivity index (χ0) is 13.4. The van der Waals surface area contributed by atoms with E-state index < -0.39 is 0 Å². The van der Waals surface area contributed by atoms with Crippen LogP contribution in [0.3, 0.4) is 0 Å². The van der Waals surface area contributed by atoms with E-state index in [2.05, 4.69) is 49.1 Å². The van der Waals surface area contributed by atoms with Crippen molar-refractivity contribution in [1.29, 1.82) is 0 Å². The van der Waals surface area contributed by atoms with Gasteiger partial charge < -0.3 is 9.88 Å². The van der Waals surface area contributed by atoms with E-state index >= 15 is 0 Å². The molecule has 0 saturated carbocycles. The Morgan fingerprint density at radius 1 is 1.37 bits per heavy atom. The highest BCUT2D eigenvalue weighted by Gasteiger charge is 2.25. The molecule has 1 aliphatic carbocycles. The van der Waals surface area contributed by atoms with E-state index in [0.717, 1.165) is 13.0 Å². The molecule has 0 aliphatic heterocycles. The summed E-state index contributed by atoms with van der Waals surface area (Å²) in [5.41, 5.74) is 6.05. The summed E-state index contributed by atoms with van der Waals surface area (Å²) in [5, 5.41) is 4.86. The molecule has 1 aliphatic rings. The molecule has 102 valence electrons. The van der Waals surface area contributed by atoms with Crippen LogP contribution in [0.5, 0.6) is 0 Å². The van der Waals surface area contributed by atoms with Gasteiger partial charge in [0.05, 0.1) is 0 Å². The summed E-state index contributed by atoms with van der Waals surface area (Å²) in [5.74, 6) is 0.677. The van der Waals surface area contributed by atoms with Gasteiger partial charge in [-0.05, 0) is 56.0 Å². The number of aromatic nitrogens is 1. The molecular formula is C17H24N2. The van der Waals surface area contributed by atoms with Gasteiger partial charge in [0.15, 0.2) is 0 Å². The van der Waals surface area contributed by atoms with Crippen LogP contribution >= 0.6 is 0 Å².